The number of nitrogens with one attached hydrogen (secondary N) is 1. The summed E-state index contributed by atoms with van der Waals surface area (Å²) in [7, 11) is 0. The summed E-state index contributed by atoms with van der Waals surface area (Å²) in [6, 6.07) is 15.6. The zero-order valence-electron chi connectivity index (χ0n) is 11.2. The molecule has 2 N–H and O–H groups in total. The molecule has 2 atom stereocenters. The molecule has 0 spiro atoms. The second-order valence-corrected chi connectivity index (χ2v) is 6.10. The van der Waals surface area contributed by atoms with E-state index < -0.39 is 6.10 Å². The lowest BCUT2D eigenvalue weighted by molar-refractivity contribution is 0.170. The fourth-order valence-electron chi connectivity index (χ4n) is 1.99. The summed E-state index contributed by atoms with van der Waals surface area (Å²) in [5.41, 5.74) is 2.05. The number of hydrogen-bond donors (Lipinski definition) is 2. The van der Waals surface area contributed by atoms with Crippen molar-refractivity contribution in [3.63, 3.8) is 0 Å². The summed E-state index contributed by atoms with van der Waals surface area (Å²) in [5, 5.41) is 14.2. The van der Waals surface area contributed by atoms with E-state index in [2.05, 4.69) is 28.2 Å². The molecule has 0 heterocycles. The molecule has 1 unspecified atom stereocenters. The molecule has 0 aromatic heterocycles. The monoisotopic (exact) mass is 353 g/mol. The highest BCUT2D eigenvalue weighted by Crippen LogP contribution is 2.20. The van der Waals surface area contributed by atoms with Crippen LogP contribution in [0.2, 0.25) is 5.02 Å². The van der Waals surface area contributed by atoms with E-state index in [9.17, 15) is 5.11 Å². The van der Waals surface area contributed by atoms with Crippen LogP contribution in [-0.4, -0.2) is 11.7 Å². The molecule has 0 fully saturated rings. The molecule has 0 amide bonds. The van der Waals surface area contributed by atoms with Gasteiger partial charge in [-0.15, -0.1) is 0 Å². The van der Waals surface area contributed by atoms with Gasteiger partial charge in [0.15, 0.2) is 0 Å². The fraction of sp³-hybridized carbons (Fsp3) is 0.250. The topological polar surface area (TPSA) is 32.3 Å². The number of aliphatic hydroxyl groups excluding tert-OH is 1. The maximum absolute atomic E-state index is 10.2. The number of halogens is 2. The molecule has 0 bridgehead atoms. The Kier molecular flexibility index (Phi) is 5.61. The first-order chi connectivity index (χ1) is 9.56. The van der Waals surface area contributed by atoms with Crippen LogP contribution in [0.3, 0.4) is 0 Å². The molecule has 2 rings (SSSR count). The average molecular weight is 355 g/mol. The van der Waals surface area contributed by atoms with Gasteiger partial charge in [-0.2, -0.15) is 0 Å². The van der Waals surface area contributed by atoms with Crippen LogP contribution in [0.1, 0.15) is 30.2 Å². The van der Waals surface area contributed by atoms with Gasteiger partial charge in [-0.3, -0.25) is 0 Å². The molecule has 2 nitrogen and oxygen atoms in total. The SMILES string of the molecule is C[C@@H](NCC(O)c1cccc(Br)c1)c1ccc(Cl)cc1. The smallest absolute Gasteiger partial charge is 0.0914 e. The molecule has 0 aliphatic rings. The van der Waals surface area contributed by atoms with Gasteiger partial charge >= 0.3 is 0 Å². The molecule has 4 heteroatoms. The van der Waals surface area contributed by atoms with Crippen LogP contribution >= 0.6 is 27.5 Å². The minimum Gasteiger partial charge on any atom is -0.387 e. The molecule has 0 saturated carbocycles. The number of benzene rings is 2. The molecule has 106 valence electrons. The van der Waals surface area contributed by atoms with Crippen molar-refractivity contribution in [2.75, 3.05) is 6.54 Å². The third kappa shape index (κ3) is 4.32. The molecule has 2 aromatic rings. The molecule has 2 aromatic carbocycles. The zero-order chi connectivity index (χ0) is 14.5. The number of hydrogen-bond acceptors (Lipinski definition) is 2. The van der Waals surface area contributed by atoms with Gasteiger partial charge in [0.05, 0.1) is 6.10 Å². The first-order valence-electron chi connectivity index (χ1n) is 6.48. The zero-order valence-corrected chi connectivity index (χ0v) is 13.5. The van der Waals surface area contributed by atoms with Gasteiger partial charge in [0.1, 0.15) is 0 Å². The lowest BCUT2D eigenvalue weighted by Crippen LogP contribution is -2.24. The summed E-state index contributed by atoms with van der Waals surface area (Å²) in [4.78, 5) is 0. The largest absolute Gasteiger partial charge is 0.387 e. The van der Waals surface area contributed by atoms with Crippen LogP contribution in [0.15, 0.2) is 53.0 Å². The molecule has 0 aliphatic heterocycles. The first kappa shape index (κ1) is 15.5. The number of aliphatic hydroxyl groups is 1. The molecule has 0 aliphatic carbocycles. The normalized spacial score (nSPS) is 14.0. The Labute approximate surface area is 132 Å². The first-order valence-corrected chi connectivity index (χ1v) is 7.66. The Bertz CT molecular complexity index is 559. The van der Waals surface area contributed by atoms with E-state index >= 15 is 0 Å². The molecule has 20 heavy (non-hydrogen) atoms. The Morgan fingerprint density at radius 1 is 1.15 bits per heavy atom. The Morgan fingerprint density at radius 3 is 2.50 bits per heavy atom. The van der Waals surface area contributed by atoms with Crippen LogP contribution in [0.25, 0.3) is 0 Å². The van der Waals surface area contributed by atoms with Crippen molar-refractivity contribution in [2.24, 2.45) is 0 Å². The standard InChI is InChI=1S/C16H17BrClNO/c1-11(12-5-7-15(18)8-6-12)19-10-16(20)13-3-2-4-14(17)9-13/h2-9,11,16,19-20H,10H2,1H3/t11-,16?/m1/s1. The summed E-state index contributed by atoms with van der Waals surface area (Å²) >= 11 is 9.28. The quantitative estimate of drug-likeness (QED) is 0.829. The van der Waals surface area contributed by atoms with E-state index in [0.29, 0.717) is 6.54 Å². The predicted octanol–water partition coefficient (Wildman–Crippen LogP) is 4.49. The van der Waals surface area contributed by atoms with Gasteiger partial charge in [0.25, 0.3) is 0 Å². The lowest BCUT2D eigenvalue weighted by Gasteiger charge is -2.18. The van der Waals surface area contributed by atoms with E-state index in [4.69, 9.17) is 11.6 Å². The van der Waals surface area contributed by atoms with E-state index in [-0.39, 0.29) is 6.04 Å². The van der Waals surface area contributed by atoms with Crippen LogP contribution in [0.5, 0.6) is 0 Å². The Hall–Kier alpha value is -0.870. The van der Waals surface area contributed by atoms with Gasteiger partial charge in [-0.1, -0.05) is 51.8 Å². The van der Waals surface area contributed by atoms with Crippen molar-refractivity contribution in [1.82, 2.24) is 5.32 Å². The Morgan fingerprint density at radius 2 is 1.85 bits per heavy atom. The molecule has 0 radical (unpaired) electrons. The number of rotatable bonds is 5. The second kappa shape index (κ2) is 7.23. The summed E-state index contributed by atoms with van der Waals surface area (Å²) < 4.78 is 0.972. The van der Waals surface area contributed by atoms with Gasteiger partial charge in [-0.25, -0.2) is 0 Å². The van der Waals surface area contributed by atoms with Crippen molar-refractivity contribution in [1.29, 1.82) is 0 Å². The Balaban J connectivity index is 1.93. The minimum absolute atomic E-state index is 0.161. The van der Waals surface area contributed by atoms with Crippen LogP contribution < -0.4 is 5.32 Å². The maximum atomic E-state index is 10.2. The summed E-state index contributed by atoms with van der Waals surface area (Å²) in [6.45, 7) is 2.57. The van der Waals surface area contributed by atoms with Crippen molar-refractivity contribution < 1.29 is 5.11 Å². The highest BCUT2D eigenvalue weighted by molar-refractivity contribution is 9.10. The van der Waals surface area contributed by atoms with Crippen molar-refractivity contribution >= 4 is 27.5 Å². The van der Waals surface area contributed by atoms with Gasteiger partial charge in [-0.05, 0) is 42.3 Å². The van der Waals surface area contributed by atoms with Crippen molar-refractivity contribution in [3.8, 4) is 0 Å². The van der Waals surface area contributed by atoms with E-state index in [0.717, 1.165) is 20.6 Å². The van der Waals surface area contributed by atoms with Crippen LogP contribution in [0.4, 0.5) is 0 Å². The van der Waals surface area contributed by atoms with Crippen LogP contribution in [0, 0.1) is 0 Å². The van der Waals surface area contributed by atoms with E-state index in [1.165, 1.54) is 0 Å². The lowest BCUT2D eigenvalue weighted by atomic mass is 10.1. The minimum atomic E-state index is -0.526. The van der Waals surface area contributed by atoms with Gasteiger partial charge < -0.3 is 10.4 Å². The predicted molar refractivity (Wildman–Crippen MR) is 87.0 cm³/mol. The third-order valence-electron chi connectivity index (χ3n) is 3.22. The molecular formula is C16H17BrClNO. The third-order valence-corrected chi connectivity index (χ3v) is 3.97. The summed E-state index contributed by atoms with van der Waals surface area (Å²) in [5.74, 6) is 0. The molecule has 0 saturated heterocycles. The molecular weight excluding hydrogens is 338 g/mol. The van der Waals surface area contributed by atoms with Crippen LogP contribution in [-0.2, 0) is 0 Å². The summed E-state index contributed by atoms with van der Waals surface area (Å²) in [6.07, 6.45) is -0.526. The van der Waals surface area contributed by atoms with Crippen molar-refractivity contribution in [2.45, 2.75) is 19.1 Å². The van der Waals surface area contributed by atoms with E-state index in [1.54, 1.807) is 0 Å². The second-order valence-electron chi connectivity index (χ2n) is 4.75. The van der Waals surface area contributed by atoms with Gasteiger partial charge in [0.2, 0.25) is 0 Å². The highest BCUT2D eigenvalue weighted by atomic mass is 79.9. The fourth-order valence-corrected chi connectivity index (χ4v) is 2.53. The van der Waals surface area contributed by atoms with E-state index in [1.807, 2.05) is 48.5 Å². The van der Waals surface area contributed by atoms with Gasteiger partial charge in [0, 0.05) is 22.1 Å². The highest BCUT2D eigenvalue weighted by Gasteiger charge is 2.10. The van der Waals surface area contributed by atoms with Crippen molar-refractivity contribution in [3.05, 3.63) is 69.2 Å². The average Bonchev–Trinajstić information content (AvgIpc) is 2.45. The maximum Gasteiger partial charge on any atom is 0.0914 e.